The third-order valence-corrected chi connectivity index (χ3v) is 4.01. The maximum Gasteiger partial charge on any atom is 0.211 e. The molecule has 1 amide bonds. The molecule has 0 aromatic heterocycles. The number of carbonyl (C=O) groups is 1. The van der Waals surface area contributed by atoms with E-state index < -0.39 is 0 Å². The smallest absolute Gasteiger partial charge is 0.211 e. The minimum atomic E-state index is 0.429. The summed E-state index contributed by atoms with van der Waals surface area (Å²) in [7, 11) is 2.16. The highest BCUT2D eigenvalue weighted by Gasteiger charge is 2.29. The van der Waals surface area contributed by atoms with E-state index in [0.717, 1.165) is 30.9 Å². The minimum absolute atomic E-state index is 0.429. The highest BCUT2D eigenvalue weighted by atomic mass is 16.1. The Bertz CT molecular complexity index is 421. The van der Waals surface area contributed by atoms with Gasteiger partial charge in [0, 0.05) is 25.2 Å². The van der Waals surface area contributed by atoms with Gasteiger partial charge in [-0.3, -0.25) is 9.69 Å². The number of hydrogen-bond acceptors (Lipinski definition) is 3. The van der Waals surface area contributed by atoms with Crippen LogP contribution >= 0.6 is 0 Å². The first-order chi connectivity index (χ1) is 8.65. The number of piperazine rings is 1. The molecule has 0 radical (unpaired) electrons. The molecular formula is C14H21N3O. The van der Waals surface area contributed by atoms with Crippen molar-refractivity contribution in [3.63, 3.8) is 0 Å². The van der Waals surface area contributed by atoms with E-state index in [-0.39, 0.29) is 0 Å². The molecule has 1 heterocycles. The molecule has 1 aliphatic rings. The Morgan fingerprint density at radius 2 is 1.94 bits per heavy atom. The van der Waals surface area contributed by atoms with Gasteiger partial charge >= 0.3 is 0 Å². The van der Waals surface area contributed by atoms with Gasteiger partial charge in [0.05, 0.1) is 11.4 Å². The molecule has 4 nitrogen and oxygen atoms in total. The molecule has 1 fully saturated rings. The average Bonchev–Trinajstić information content (AvgIpc) is 2.38. The van der Waals surface area contributed by atoms with E-state index in [9.17, 15) is 4.79 Å². The quantitative estimate of drug-likeness (QED) is 0.827. The molecule has 18 heavy (non-hydrogen) atoms. The van der Waals surface area contributed by atoms with Crippen LogP contribution in [0.1, 0.15) is 13.8 Å². The Morgan fingerprint density at radius 3 is 2.67 bits per heavy atom. The maximum absolute atomic E-state index is 10.7. The molecule has 98 valence electrons. The molecule has 2 atom stereocenters. The molecule has 1 aromatic carbocycles. The van der Waals surface area contributed by atoms with Crippen molar-refractivity contribution in [3.05, 3.63) is 24.3 Å². The summed E-state index contributed by atoms with van der Waals surface area (Å²) in [6.45, 7) is 6.51. The van der Waals surface area contributed by atoms with E-state index in [1.165, 1.54) is 0 Å². The van der Waals surface area contributed by atoms with Crippen LogP contribution in [-0.4, -0.2) is 43.5 Å². The normalized spacial score (nSPS) is 24.9. The molecule has 2 unspecified atom stereocenters. The SMILES string of the molecule is CC1C(C)N(c2ccccc2NC=O)CCN1C. The van der Waals surface area contributed by atoms with Gasteiger partial charge in [-0.2, -0.15) is 0 Å². The molecule has 0 spiro atoms. The van der Waals surface area contributed by atoms with Crippen molar-refractivity contribution in [2.45, 2.75) is 25.9 Å². The van der Waals surface area contributed by atoms with Crippen molar-refractivity contribution in [2.24, 2.45) is 0 Å². The van der Waals surface area contributed by atoms with Gasteiger partial charge in [-0.05, 0) is 33.0 Å². The van der Waals surface area contributed by atoms with Crippen LogP contribution in [0.2, 0.25) is 0 Å². The lowest BCUT2D eigenvalue weighted by Crippen LogP contribution is -2.56. The van der Waals surface area contributed by atoms with E-state index in [1.54, 1.807) is 0 Å². The Labute approximate surface area is 109 Å². The molecule has 0 aliphatic carbocycles. The zero-order chi connectivity index (χ0) is 13.1. The number of rotatable bonds is 3. The van der Waals surface area contributed by atoms with Crippen LogP contribution < -0.4 is 10.2 Å². The highest BCUT2D eigenvalue weighted by molar-refractivity contribution is 5.81. The number of likely N-dealkylation sites (N-methyl/N-ethyl adjacent to an activating group) is 1. The molecule has 2 rings (SSSR count). The lowest BCUT2D eigenvalue weighted by molar-refractivity contribution is -0.105. The van der Waals surface area contributed by atoms with Gasteiger partial charge in [0.2, 0.25) is 6.41 Å². The van der Waals surface area contributed by atoms with Gasteiger partial charge in [-0.25, -0.2) is 0 Å². The van der Waals surface area contributed by atoms with Gasteiger partial charge < -0.3 is 10.2 Å². The number of amides is 1. The monoisotopic (exact) mass is 247 g/mol. The fourth-order valence-corrected chi connectivity index (χ4v) is 2.55. The third kappa shape index (κ3) is 2.34. The molecule has 1 aromatic rings. The van der Waals surface area contributed by atoms with Crippen LogP contribution in [0.4, 0.5) is 11.4 Å². The Morgan fingerprint density at radius 1 is 1.22 bits per heavy atom. The van der Waals surface area contributed by atoms with Gasteiger partial charge in [-0.15, -0.1) is 0 Å². The number of para-hydroxylation sites is 2. The molecule has 1 saturated heterocycles. The first-order valence-corrected chi connectivity index (χ1v) is 6.41. The summed E-state index contributed by atoms with van der Waals surface area (Å²) in [5, 5.41) is 2.78. The Balaban J connectivity index is 2.28. The van der Waals surface area contributed by atoms with Crippen molar-refractivity contribution in [1.29, 1.82) is 0 Å². The molecule has 4 heteroatoms. The summed E-state index contributed by atoms with van der Waals surface area (Å²) >= 11 is 0. The molecule has 1 N–H and O–H groups in total. The second-order valence-corrected chi connectivity index (χ2v) is 4.93. The highest BCUT2D eigenvalue weighted by Crippen LogP contribution is 2.30. The topological polar surface area (TPSA) is 35.6 Å². The number of nitrogens with zero attached hydrogens (tertiary/aromatic N) is 2. The lowest BCUT2D eigenvalue weighted by atomic mass is 10.0. The fraction of sp³-hybridized carbons (Fsp3) is 0.500. The summed E-state index contributed by atoms with van der Waals surface area (Å²) in [4.78, 5) is 15.4. The molecule has 0 bridgehead atoms. The van der Waals surface area contributed by atoms with Crippen LogP contribution in [0.3, 0.4) is 0 Å². The first-order valence-electron chi connectivity index (χ1n) is 6.41. The zero-order valence-corrected chi connectivity index (χ0v) is 11.3. The fourth-order valence-electron chi connectivity index (χ4n) is 2.55. The predicted octanol–water partition coefficient (Wildman–Crippen LogP) is 1.78. The Hall–Kier alpha value is -1.55. The zero-order valence-electron chi connectivity index (χ0n) is 11.3. The van der Waals surface area contributed by atoms with Crippen molar-refractivity contribution < 1.29 is 4.79 Å². The largest absolute Gasteiger partial charge is 0.364 e. The summed E-state index contributed by atoms with van der Waals surface area (Å²) < 4.78 is 0. The lowest BCUT2D eigenvalue weighted by Gasteiger charge is -2.45. The number of anilines is 2. The summed E-state index contributed by atoms with van der Waals surface area (Å²) in [6, 6.07) is 8.90. The predicted molar refractivity (Wildman–Crippen MR) is 75.0 cm³/mol. The molecule has 1 aliphatic heterocycles. The third-order valence-electron chi connectivity index (χ3n) is 4.01. The number of benzene rings is 1. The van der Waals surface area contributed by atoms with Crippen molar-refractivity contribution >= 4 is 17.8 Å². The van der Waals surface area contributed by atoms with Gasteiger partial charge in [0.1, 0.15) is 0 Å². The van der Waals surface area contributed by atoms with Crippen LogP contribution in [0.15, 0.2) is 24.3 Å². The van der Waals surface area contributed by atoms with Crippen LogP contribution in [0, 0.1) is 0 Å². The van der Waals surface area contributed by atoms with Gasteiger partial charge in [0.15, 0.2) is 0 Å². The Kier molecular flexibility index (Phi) is 3.87. The van der Waals surface area contributed by atoms with Crippen molar-refractivity contribution in [1.82, 2.24) is 4.90 Å². The standard InChI is InChI=1S/C14H21N3O/c1-11-12(2)17(9-8-16(11)3)14-7-5-4-6-13(14)15-10-18/h4-7,10-12H,8-9H2,1-3H3,(H,15,18). The van der Waals surface area contributed by atoms with E-state index in [1.807, 2.05) is 18.2 Å². The van der Waals surface area contributed by atoms with Crippen LogP contribution in [-0.2, 0) is 4.79 Å². The summed E-state index contributed by atoms with van der Waals surface area (Å²) in [5.74, 6) is 0. The first kappa shape index (κ1) is 12.9. The number of carbonyl (C=O) groups excluding carboxylic acids is 1. The van der Waals surface area contributed by atoms with E-state index in [0.29, 0.717) is 12.1 Å². The second kappa shape index (κ2) is 5.40. The average molecular weight is 247 g/mol. The molecular weight excluding hydrogens is 226 g/mol. The second-order valence-electron chi connectivity index (χ2n) is 4.93. The summed E-state index contributed by atoms with van der Waals surface area (Å²) in [6.07, 6.45) is 0.739. The molecule has 0 saturated carbocycles. The van der Waals surface area contributed by atoms with E-state index in [4.69, 9.17) is 0 Å². The van der Waals surface area contributed by atoms with Crippen LogP contribution in [0.25, 0.3) is 0 Å². The summed E-state index contributed by atoms with van der Waals surface area (Å²) in [5.41, 5.74) is 1.99. The van der Waals surface area contributed by atoms with E-state index >= 15 is 0 Å². The van der Waals surface area contributed by atoms with Gasteiger partial charge in [0.25, 0.3) is 0 Å². The number of hydrogen-bond donors (Lipinski definition) is 1. The van der Waals surface area contributed by atoms with E-state index in [2.05, 4.69) is 42.1 Å². The maximum atomic E-state index is 10.7. The minimum Gasteiger partial charge on any atom is -0.364 e. The van der Waals surface area contributed by atoms with Gasteiger partial charge in [-0.1, -0.05) is 12.1 Å². The van der Waals surface area contributed by atoms with Crippen LogP contribution in [0.5, 0.6) is 0 Å². The van der Waals surface area contributed by atoms with Crippen molar-refractivity contribution in [3.8, 4) is 0 Å². The van der Waals surface area contributed by atoms with Crippen molar-refractivity contribution in [2.75, 3.05) is 30.4 Å². The number of nitrogens with one attached hydrogen (secondary N) is 1.